The fourth-order valence-corrected chi connectivity index (χ4v) is 9.07. The molecule has 2 atom stereocenters. The first-order valence-electron chi connectivity index (χ1n) is 30.4. The number of aliphatic carboxylic acids is 1. The average Bonchev–Trinajstić information content (AvgIpc) is 3.33. The second kappa shape index (κ2) is 53.3. The van der Waals surface area contributed by atoms with E-state index in [0.29, 0.717) is 17.4 Å². The molecule has 0 bridgehead atoms. The molecular formula is C61H118NO8+. The Labute approximate surface area is 434 Å². The molecule has 414 valence electrons. The van der Waals surface area contributed by atoms with E-state index < -0.39 is 24.3 Å². The Bertz CT molecular complexity index is 1150. The lowest BCUT2D eigenvalue weighted by molar-refractivity contribution is -0.870. The van der Waals surface area contributed by atoms with Crippen molar-refractivity contribution in [1.82, 2.24) is 0 Å². The maximum Gasteiger partial charge on any atom is 0.361 e. The Morgan fingerprint density at radius 1 is 0.414 bits per heavy atom. The Morgan fingerprint density at radius 3 is 1.06 bits per heavy atom. The summed E-state index contributed by atoms with van der Waals surface area (Å²) in [5, 5.41) is 9.70. The van der Waals surface area contributed by atoms with Crippen molar-refractivity contribution in [2.24, 2.45) is 0 Å². The van der Waals surface area contributed by atoms with Crippen molar-refractivity contribution in [1.29, 1.82) is 0 Å². The number of quaternary nitrogens is 1. The van der Waals surface area contributed by atoms with Crippen LogP contribution in [0.25, 0.3) is 0 Å². The number of unbranched alkanes of at least 4 members (excludes halogenated alkanes) is 40. The molecule has 0 aliphatic heterocycles. The molecule has 0 aromatic carbocycles. The van der Waals surface area contributed by atoms with Crippen LogP contribution in [0.5, 0.6) is 0 Å². The molecule has 0 aliphatic carbocycles. The van der Waals surface area contributed by atoms with Crippen LogP contribution in [0.15, 0.2) is 12.2 Å². The predicted molar refractivity (Wildman–Crippen MR) is 295 cm³/mol. The molecule has 0 aromatic rings. The molecular weight excluding hydrogens is 875 g/mol. The van der Waals surface area contributed by atoms with E-state index in [1.54, 1.807) is 0 Å². The minimum atomic E-state index is -1.51. The molecule has 0 saturated heterocycles. The number of hydrogen-bond donors (Lipinski definition) is 1. The van der Waals surface area contributed by atoms with Crippen LogP contribution in [0.1, 0.15) is 303 Å². The molecule has 9 heteroatoms. The number of carbonyl (C=O) groups excluding carboxylic acids is 2. The van der Waals surface area contributed by atoms with Gasteiger partial charge in [-0.05, 0) is 38.5 Å². The first kappa shape index (κ1) is 68.0. The second-order valence-electron chi connectivity index (χ2n) is 22.0. The lowest BCUT2D eigenvalue weighted by atomic mass is 10.0. The highest BCUT2D eigenvalue weighted by Gasteiger charge is 2.25. The Kier molecular flexibility index (Phi) is 51.8. The smallest absolute Gasteiger partial charge is 0.361 e. The number of carbonyl (C=O) groups is 3. The van der Waals surface area contributed by atoms with Crippen molar-refractivity contribution in [2.45, 2.75) is 315 Å². The summed E-state index contributed by atoms with van der Waals surface area (Å²) < 4.78 is 22.9. The van der Waals surface area contributed by atoms with E-state index in [1.807, 2.05) is 21.1 Å². The third kappa shape index (κ3) is 53.8. The summed E-state index contributed by atoms with van der Waals surface area (Å²) >= 11 is 0. The van der Waals surface area contributed by atoms with E-state index in [9.17, 15) is 19.5 Å². The van der Waals surface area contributed by atoms with Gasteiger partial charge in [-0.25, -0.2) is 4.79 Å². The highest BCUT2D eigenvalue weighted by molar-refractivity contribution is 5.71. The van der Waals surface area contributed by atoms with E-state index in [1.165, 1.54) is 225 Å². The first-order valence-corrected chi connectivity index (χ1v) is 30.4. The summed E-state index contributed by atoms with van der Waals surface area (Å²) in [5.74, 6) is -1.99. The SMILES string of the molecule is CCCCCCCCC/C=C\CCCCCCCCCC(=O)OC(COC(=O)CCCCCCCCCCCCCCCCCCCCCCCCCCCCC)COC(OCC[N+](C)(C)C)C(=O)O. The van der Waals surface area contributed by atoms with Crippen LogP contribution < -0.4 is 0 Å². The summed E-state index contributed by atoms with van der Waals surface area (Å²) in [6, 6.07) is 0. The quantitative estimate of drug-likeness (QED) is 0.0211. The summed E-state index contributed by atoms with van der Waals surface area (Å²) in [5.41, 5.74) is 0. The number of hydrogen-bond acceptors (Lipinski definition) is 7. The zero-order valence-electron chi connectivity index (χ0n) is 47.2. The van der Waals surface area contributed by atoms with Gasteiger partial charge in [-0.1, -0.05) is 264 Å². The fraction of sp³-hybridized carbons (Fsp3) is 0.918. The van der Waals surface area contributed by atoms with Crippen LogP contribution in [0, 0.1) is 0 Å². The maximum absolute atomic E-state index is 12.9. The minimum Gasteiger partial charge on any atom is -0.477 e. The van der Waals surface area contributed by atoms with Crippen LogP contribution in [0.4, 0.5) is 0 Å². The highest BCUT2D eigenvalue weighted by atomic mass is 16.7. The maximum atomic E-state index is 12.9. The number of nitrogens with zero attached hydrogens (tertiary/aromatic N) is 1. The van der Waals surface area contributed by atoms with E-state index in [-0.39, 0.29) is 32.2 Å². The van der Waals surface area contributed by atoms with Crippen molar-refractivity contribution in [3.05, 3.63) is 12.2 Å². The van der Waals surface area contributed by atoms with Crippen molar-refractivity contribution < 1.29 is 42.9 Å². The van der Waals surface area contributed by atoms with Gasteiger partial charge in [0.25, 0.3) is 6.29 Å². The van der Waals surface area contributed by atoms with E-state index in [0.717, 1.165) is 51.4 Å². The van der Waals surface area contributed by atoms with Gasteiger partial charge in [0.15, 0.2) is 6.10 Å². The van der Waals surface area contributed by atoms with Crippen molar-refractivity contribution in [3.63, 3.8) is 0 Å². The normalized spacial score (nSPS) is 12.8. The third-order valence-electron chi connectivity index (χ3n) is 13.8. The molecule has 0 radical (unpaired) electrons. The molecule has 70 heavy (non-hydrogen) atoms. The van der Waals surface area contributed by atoms with Gasteiger partial charge in [0.1, 0.15) is 13.2 Å². The van der Waals surface area contributed by atoms with Gasteiger partial charge in [0, 0.05) is 12.8 Å². The molecule has 9 nitrogen and oxygen atoms in total. The molecule has 0 spiro atoms. The highest BCUT2D eigenvalue weighted by Crippen LogP contribution is 2.18. The van der Waals surface area contributed by atoms with Gasteiger partial charge >= 0.3 is 17.9 Å². The molecule has 0 amide bonds. The monoisotopic (exact) mass is 993 g/mol. The molecule has 0 aliphatic rings. The van der Waals surface area contributed by atoms with E-state index in [2.05, 4.69) is 26.0 Å². The van der Waals surface area contributed by atoms with Crippen molar-refractivity contribution in [3.8, 4) is 0 Å². The minimum absolute atomic E-state index is 0.177. The number of carboxylic acid groups (broad SMARTS) is 1. The fourth-order valence-electron chi connectivity index (χ4n) is 9.07. The number of likely N-dealkylation sites (N-methyl/N-ethyl adjacent to an activating group) is 1. The summed E-state index contributed by atoms with van der Waals surface area (Å²) in [6.45, 7) is 4.93. The standard InChI is InChI=1S/C61H117NO8/c1-6-8-10-12-14-16-18-20-22-24-26-27-28-29-30-31-32-33-34-36-37-39-41-43-45-47-49-51-58(63)68-55-57(56-69-61(60(65)66)67-54-53-62(3,4)5)70-59(64)52-50-48-46-44-42-40-38-35-25-23-21-19-17-15-13-11-9-7-2/h23,25,57,61H,6-22,24,26-56H2,1-5H3/p+1/b25-23-. The topological polar surface area (TPSA) is 108 Å². The number of ether oxygens (including phenoxy) is 4. The number of esters is 2. The Morgan fingerprint density at radius 2 is 0.729 bits per heavy atom. The van der Waals surface area contributed by atoms with E-state index >= 15 is 0 Å². The van der Waals surface area contributed by atoms with E-state index in [4.69, 9.17) is 18.9 Å². The third-order valence-corrected chi connectivity index (χ3v) is 13.8. The zero-order valence-corrected chi connectivity index (χ0v) is 47.2. The first-order chi connectivity index (χ1) is 34.1. The van der Waals surface area contributed by atoms with Crippen LogP contribution in [-0.2, 0) is 33.3 Å². The summed E-state index contributed by atoms with van der Waals surface area (Å²) in [6.07, 6.45) is 58.7. The molecule has 0 rings (SSSR count). The van der Waals surface area contributed by atoms with Crippen LogP contribution in [0.3, 0.4) is 0 Å². The Balaban J connectivity index is 4.13. The number of rotatable bonds is 57. The number of carboxylic acids is 1. The van der Waals surface area contributed by atoms with Gasteiger partial charge in [-0.15, -0.1) is 0 Å². The molecule has 1 N–H and O–H groups in total. The lowest BCUT2D eigenvalue weighted by Gasteiger charge is -2.25. The van der Waals surface area contributed by atoms with Gasteiger partial charge < -0.3 is 28.5 Å². The van der Waals surface area contributed by atoms with Gasteiger partial charge in [-0.2, -0.15) is 0 Å². The summed E-state index contributed by atoms with van der Waals surface area (Å²) in [7, 11) is 5.98. The average molecular weight is 994 g/mol. The molecule has 0 aromatic heterocycles. The second-order valence-corrected chi connectivity index (χ2v) is 22.0. The van der Waals surface area contributed by atoms with Crippen LogP contribution in [-0.4, -0.2) is 87.4 Å². The van der Waals surface area contributed by atoms with Gasteiger partial charge in [0.05, 0.1) is 34.4 Å². The number of allylic oxidation sites excluding steroid dienone is 2. The molecule has 2 unspecified atom stereocenters. The summed E-state index contributed by atoms with van der Waals surface area (Å²) in [4.78, 5) is 37.4. The molecule has 0 heterocycles. The molecule has 0 saturated carbocycles. The van der Waals surface area contributed by atoms with Gasteiger partial charge in [-0.3, -0.25) is 9.59 Å². The Hall–Kier alpha value is -1.97. The van der Waals surface area contributed by atoms with Gasteiger partial charge in [0.2, 0.25) is 0 Å². The van der Waals surface area contributed by atoms with Crippen LogP contribution in [0.2, 0.25) is 0 Å². The van der Waals surface area contributed by atoms with Crippen molar-refractivity contribution in [2.75, 3.05) is 47.5 Å². The van der Waals surface area contributed by atoms with Crippen LogP contribution >= 0.6 is 0 Å². The molecule has 0 fully saturated rings. The lowest BCUT2D eigenvalue weighted by Crippen LogP contribution is -2.40. The zero-order chi connectivity index (χ0) is 51.3. The predicted octanol–water partition coefficient (Wildman–Crippen LogP) is 17.7. The largest absolute Gasteiger partial charge is 0.477 e. The van der Waals surface area contributed by atoms with Crippen molar-refractivity contribution >= 4 is 17.9 Å².